The van der Waals surface area contributed by atoms with Gasteiger partial charge in [0.2, 0.25) is 0 Å². The molecule has 0 saturated carbocycles. The number of aromatic amines is 1. The minimum absolute atomic E-state index is 0.364. The Bertz CT molecular complexity index is 283. The second kappa shape index (κ2) is 4.79. The summed E-state index contributed by atoms with van der Waals surface area (Å²) in [5.74, 6) is 0. The van der Waals surface area contributed by atoms with Crippen LogP contribution in [0.1, 0.15) is 11.7 Å². The number of H-pyrrole nitrogens is 1. The number of nitrogens with one attached hydrogen (secondary N) is 3. The molecule has 1 aromatic heterocycles. The van der Waals surface area contributed by atoms with Gasteiger partial charge in [0.05, 0.1) is 6.04 Å². The lowest BCUT2D eigenvalue weighted by molar-refractivity contribution is 0.208. The second-order valence-corrected chi connectivity index (χ2v) is 4.21. The molecule has 0 radical (unpaired) electrons. The molecular formula is C11H20N4. The number of hydrogen-bond acceptors (Lipinski definition) is 3. The minimum Gasteiger partial charge on any atom is -0.364 e. The molecule has 1 aliphatic heterocycles. The van der Waals surface area contributed by atoms with Gasteiger partial charge in [0, 0.05) is 37.6 Å². The lowest BCUT2D eigenvalue weighted by Crippen LogP contribution is -2.54. The molecule has 3 N–H and O–H groups in total. The molecule has 1 fully saturated rings. The van der Waals surface area contributed by atoms with Crippen LogP contribution >= 0.6 is 0 Å². The fourth-order valence-corrected chi connectivity index (χ4v) is 2.27. The first kappa shape index (κ1) is 10.7. The van der Waals surface area contributed by atoms with Crippen molar-refractivity contribution in [1.29, 1.82) is 0 Å². The van der Waals surface area contributed by atoms with Crippen LogP contribution in [-0.2, 0) is 0 Å². The Kier molecular flexibility index (Phi) is 3.41. The lowest BCUT2D eigenvalue weighted by Gasteiger charge is -2.35. The van der Waals surface area contributed by atoms with E-state index in [1.165, 1.54) is 5.69 Å². The molecule has 1 saturated heterocycles. The van der Waals surface area contributed by atoms with Crippen molar-refractivity contribution < 1.29 is 0 Å². The highest BCUT2D eigenvalue weighted by Gasteiger charge is 2.25. The van der Waals surface area contributed by atoms with Crippen LogP contribution in [0, 0.1) is 0 Å². The zero-order chi connectivity index (χ0) is 10.7. The van der Waals surface area contributed by atoms with Crippen molar-refractivity contribution in [2.45, 2.75) is 12.1 Å². The Morgan fingerprint density at radius 2 is 2.47 bits per heavy atom. The van der Waals surface area contributed by atoms with Gasteiger partial charge in [0.15, 0.2) is 0 Å². The van der Waals surface area contributed by atoms with Crippen molar-refractivity contribution in [3.8, 4) is 0 Å². The van der Waals surface area contributed by atoms with E-state index in [1.54, 1.807) is 0 Å². The van der Waals surface area contributed by atoms with Gasteiger partial charge in [-0.3, -0.25) is 0 Å². The molecule has 1 aliphatic rings. The van der Waals surface area contributed by atoms with E-state index in [2.05, 4.69) is 33.6 Å². The van der Waals surface area contributed by atoms with Gasteiger partial charge in [-0.2, -0.15) is 0 Å². The van der Waals surface area contributed by atoms with Gasteiger partial charge < -0.3 is 20.5 Å². The summed E-state index contributed by atoms with van der Waals surface area (Å²) in [5, 5.41) is 6.94. The first-order valence-electron chi connectivity index (χ1n) is 5.53. The van der Waals surface area contributed by atoms with Gasteiger partial charge in [-0.25, -0.2) is 0 Å². The maximum atomic E-state index is 3.56. The van der Waals surface area contributed by atoms with Gasteiger partial charge in [-0.05, 0) is 26.2 Å². The third-order valence-corrected chi connectivity index (χ3v) is 3.08. The molecule has 15 heavy (non-hydrogen) atoms. The summed E-state index contributed by atoms with van der Waals surface area (Å²) in [6.45, 7) is 3.29. The molecule has 2 unspecified atom stereocenters. The fraction of sp³-hybridized carbons (Fsp3) is 0.636. The number of nitrogens with zero attached hydrogens (tertiary/aromatic N) is 1. The van der Waals surface area contributed by atoms with Crippen molar-refractivity contribution in [2.75, 3.05) is 33.7 Å². The molecule has 0 spiro atoms. The van der Waals surface area contributed by atoms with Crippen LogP contribution in [0.2, 0.25) is 0 Å². The summed E-state index contributed by atoms with van der Waals surface area (Å²) in [6, 6.07) is 5.03. The van der Waals surface area contributed by atoms with E-state index in [1.807, 2.05) is 19.3 Å². The number of rotatable bonds is 3. The van der Waals surface area contributed by atoms with Crippen molar-refractivity contribution in [2.24, 2.45) is 0 Å². The van der Waals surface area contributed by atoms with Crippen LogP contribution in [0.15, 0.2) is 18.3 Å². The largest absolute Gasteiger partial charge is 0.364 e. The van der Waals surface area contributed by atoms with Crippen LogP contribution < -0.4 is 10.6 Å². The molecule has 0 aliphatic carbocycles. The van der Waals surface area contributed by atoms with Gasteiger partial charge in [0.1, 0.15) is 0 Å². The van der Waals surface area contributed by atoms with Crippen LogP contribution in [-0.4, -0.2) is 49.7 Å². The SMILES string of the molecule is CNC(c1ccc[nH]1)C1CN(C)CCN1. The van der Waals surface area contributed by atoms with Gasteiger partial charge in [-0.1, -0.05) is 0 Å². The summed E-state index contributed by atoms with van der Waals surface area (Å²) >= 11 is 0. The van der Waals surface area contributed by atoms with Crippen LogP contribution in [0.3, 0.4) is 0 Å². The molecule has 84 valence electrons. The summed E-state index contributed by atoms with van der Waals surface area (Å²) in [7, 11) is 4.19. The minimum atomic E-state index is 0.364. The van der Waals surface area contributed by atoms with Crippen molar-refractivity contribution >= 4 is 0 Å². The zero-order valence-corrected chi connectivity index (χ0v) is 9.46. The monoisotopic (exact) mass is 208 g/mol. The Labute approximate surface area is 91.0 Å². The van der Waals surface area contributed by atoms with Crippen molar-refractivity contribution in [1.82, 2.24) is 20.5 Å². The lowest BCUT2D eigenvalue weighted by atomic mass is 10.0. The quantitative estimate of drug-likeness (QED) is 0.664. The van der Waals surface area contributed by atoms with Crippen LogP contribution in [0.4, 0.5) is 0 Å². The van der Waals surface area contributed by atoms with Crippen molar-refractivity contribution in [3.05, 3.63) is 24.0 Å². The molecule has 4 nitrogen and oxygen atoms in total. The standard InChI is InChI=1S/C11H20N4/c1-12-11(9-4-3-5-13-9)10-8-15(2)7-6-14-10/h3-5,10-14H,6-8H2,1-2H3. The third-order valence-electron chi connectivity index (χ3n) is 3.08. The van der Waals surface area contributed by atoms with Gasteiger partial charge in [0.25, 0.3) is 0 Å². The summed E-state index contributed by atoms with van der Waals surface area (Å²) in [5.41, 5.74) is 1.25. The molecule has 4 heteroatoms. The number of piperazine rings is 1. The average Bonchev–Trinajstić information content (AvgIpc) is 2.72. The second-order valence-electron chi connectivity index (χ2n) is 4.21. The number of hydrogen-bond donors (Lipinski definition) is 3. The molecule has 2 atom stereocenters. The molecule has 0 amide bonds. The van der Waals surface area contributed by atoms with E-state index >= 15 is 0 Å². The summed E-state index contributed by atoms with van der Waals surface area (Å²) < 4.78 is 0. The van der Waals surface area contributed by atoms with E-state index in [9.17, 15) is 0 Å². The highest BCUT2D eigenvalue weighted by atomic mass is 15.2. The smallest absolute Gasteiger partial charge is 0.0638 e. The fourth-order valence-electron chi connectivity index (χ4n) is 2.27. The molecule has 2 rings (SSSR count). The molecule has 0 aromatic carbocycles. The third kappa shape index (κ3) is 2.40. The Hall–Kier alpha value is -0.840. The maximum Gasteiger partial charge on any atom is 0.0638 e. The van der Waals surface area contributed by atoms with Crippen LogP contribution in [0.5, 0.6) is 0 Å². The molecular weight excluding hydrogens is 188 g/mol. The van der Waals surface area contributed by atoms with E-state index in [4.69, 9.17) is 0 Å². The summed E-state index contributed by atoms with van der Waals surface area (Å²) in [6.07, 6.45) is 1.98. The zero-order valence-electron chi connectivity index (χ0n) is 9.46. The van der Waals surface area contributed by atoms with E-state index in [-0.39, 0.29) is 0 Å². The van der Waals surface area contributed by atoms with E-state index < -0.39 is 0 Å². The molecule has 2 heterocycles. The summed E-state index contributed by atoms with van der Waals surface area (Å²) in [4.78, 5) is 5.65. The Balaban J connectivity index is 2.06. The Morgan fingerprint density at radius 3 is 3.07 bits per heavy atom. The van der Waals surface area contributed by atoms with Crippen molar-refractivity contribution in [3.63, 3.8) is 0 Å². The average molecular weight is 208 g/mol. The van der Waals surface area contributed by atoms with E-state index in [0.717, 1.165) is 19.6 Å². The van der Waals surface area contributed by atoms with E-state index in [0.29, 0.717) is 12.1 Å². The number of likely N-dealkylation sites (N-methyl/N-ethyl adjacent to an activating group) is 2. The topological polar surface area (TPSA) is 43.1 Å². The maximum absolute atomic E-state index is 3.56. The normalized spacial score (nSPS) is 25.3. The predicted molar refractivity (Wildman–Crippen MR) is 61.9 cm³/mol. The van der Waals surface area contributed by atoms with Gasteiger partial charge in [-0.15, -0.1) is 0 Å². The highest BCUT2D eigenvalue weighted by molar-refractivity contribution is 5.12. The molecule has 0 bridgehead atoms. The van der Waals surface area contributed by atoms with Gasteiger partial charge >= 0.3 is 0 Å². The highest BCUT2D eigenvalue weighted by Crippen LogP contribution is 2.16. The first-order chi connectivity index (χ1) is 7.31. The predicted octanol–water partition coefficient (Wildman–Crippen LogP) is 0.179. The number of aromatic nitrogens is 1. The Morgan fingerprint density at radius 1 is 1.60 bits per heavy atom. The van der Waals surface area contributed by atoms with Crippen LogP contribution in [0.25, 0.3) is 0 Å². The molecule has 1 aromatic rings. The first-order valence-corrected chi connectivity index (χ1v) is 5.53.